The minimum absolute atomic E-state index is 0.142. The maximum atomic E-state index is 4.78. The molecule has 52 valence electrons. The molecule has 9 heavy (non-hydrogen) atoms. The number of allylic oxidation sites excluding steroid dienone is 1. The van der Waals surface area contributed by atoms with Gasteiger partial charge < -0.3 is 0 Å². The highest BCUT2D eigenvalue weighted by Gasteiger charge is 2.12. The summed E-state index contributed by atoms with van der Waals surface area (Å²) in [6, 6.07) is 0. The second-order valence-corrected chi connectivity index (χ2v) is 3.45. The molecule has 0 saturated heterocycles. The molecular weight excluding hydrogens is 148 g/mol. The van der Waals surface area contributed by atoms with E-state index in [1.807, 2.05) is 0 Å². The Morgan fingerprint density at radius 2 is 1.89 bits per heavy atom. The first-order valence-corrected chi connectivity index (χ1v) is 3.81. The second kappa shape index (κ2) is 3.37. The summed E-state index contributed by atoms with van der Waals surface area (Å²) < 4.78 is 0. The van der Waals surface area contributed by atoms with Crippen molar-refractivity contribution in [3.05, 3.63) is 11.0 Å². The Kier molecular flexibility index (Phi) is 3.44. The van der Waals surface area contributed by atoms with E-state index in [0.717, 1.165) is 5.57 Å². The third-order valence-corrected chi connectivity index (χ3v) is 1.66. The molecule has 0 radical (unpaired) electrons. The van der Waals surface area contributed by atoms with Crippen LogP contribution in [0.15, 0.2) is 11.0 Å². The van der Waals surface area contributed by atoms with Crippen LogP contribution >= 0.6 is 24.8 Å². The molecule has 0 aromatic heterocycles. The molecule has 0 spiro atoms. The summed E-state index contributed by atoms with van der Waals surface area (Å²) in [4.78, 5) is 0. The maximum Gasteiger partial charge on any atom is 0.00560 e. The van der Waals surface area contributed by atoms with Gasteiger partial charge in [0.2, 0.25) is 0 Å². The van der Waals surface area contributed by atoms with Crippen LogP contribution in [-0.2, 0) is 0 Å². The van der Waals surface area contributed by atoms with Crippen LogP contribution in [0.25, 0.3) is 0 Å². The summed E-state index contributed by atoms with van der Waals surface area (Å²) in [5.41, 5.74) is 1.24. The van der Waals surface area contributed by atoms with Gasteiger partial charge in [-0.3, -0.25) is 0 Å². The van der Waals surface area contributed by atoms with E-state index in [2.05, 4.69) is 33.4 Å². The average molecular weight is 160 g/mol. The van der Waals surface area contributed by atoms with E-state index in [0.29, 0.717) is 0 Å². The van der Waals surface area contributed by atoms with Crippen molar-refractivity contribution in [3.8, 4) is 0 Å². The highest BCUT2D eigenvalue weighted by molar-refractivity contribution is 7.83. The van der Waals surface area contributed by atoms with Crippen molar-refractivity contribution in [2.24, 2.45) is 5.41 Å². The van der Waals surface area contributed by atoms with E-state index >= 15 is 0 Å². The Bertz CT molecular complexity index is 128. The molecule has 0 aromatic rings. The molecule has 0 saturated carbocycles. The minimum atomic E-state index is 0.142. The Morgan fingerprint density at radius 1 is 1.44 bits per heavy atom. The van der Waals surface area contributed by atoms with Gasteiger partial charge in [-0.05, 0) is 16.4 Å². The zero-order valence-electron chi connectivity index (χ0n) is 6.01. The first kappa shape index (κ1) is 9.18. The summed E-state index contributed by atoms with van der Waals surface area (Å²) in [5.74, 6) is 0. The monoisotopic (exact) mass is 160 g/mol. The predicted molar refractivity (Wildman–Crippen MR) is 50.2 cm³/mol. The molecule has 0 aromatic carbocycles. The van der Waals surface area contributed by atoms with Crippen LogP contribution in [0.2, 0.25) is 0 Å². The van der Waals surface area contributed by atoms with Crippen LogP contribution in [0.4, 0.5) is 0 Å². The van der Waals surface area contributed by atoms with Gasteiger partial charge in [0.15, 0.2) is 0 Å². The van der Waals surface area contributed by atoms with Gasteiger partial charge in [-0.2, -0.15) is 12.6 Å². The van der Waals surface area contributed by atoms with E-state index in [1.54, 1.807) is 10.8 Å². The van der Waals surface area contributed by atoms with Gasteiger partial charge in [0, 0.05) is 5.37 Å². The van der Waals surface area contributed by atoms with Crippen molar-refractivity contribution in [2.45, 2.75) is 20.8 Å². The molecule has 0 heterocycles. The second-order valence-electron chi connectivity index (χ2n) is 2.95. The van der Waals surface area contributed by atoms with Crippen molar-refractivity contribution in [1.82, 2.24) is 0 Å². The van der Waals surface area contributed by atoms with Crippen LogP contribution < -0.4 is 0 Å². The fourth-order valence-corrected chi connectivity index (χ4v) is 1.39. The van der Waals surface area contributed by atoms with Gasteiger partial charge in [-0.15, -0.1) is 0 Å². The lowest BCUT2D eigenvalue weighted by molar-refractivity contribution is 0.529. The fourth-order valence-electron chi connectivity index (χ4n) is 0.401. The van der Waals surface area contributed by atoms with E-state index in [-0.39, 0.29) is 5.41 Å². The molecule has 0 nitrogen and oxygen atoms in total. The van der Waals surface area contributed by atoms with Gasteiger partial charge in [0.05, 0.1) is 0 Å². The summed E-state index contributed by atoms with van der Waals surface area (Å²) in [5, 5.41) is 3.43. The van der Waals surface area contributed by atoms with Crippen LogP contribution in [0.1, 0.15) is 20.8 Å². The minimum Gasteiger partial charge on any atom is -0.151 e. The van der Waals surface area contributed by atoms with E-state index in [9.17, 15) is 0 Å². The number of thiol groups is 1. The summed E-state index contributed by atoms with van der Waals surface area (Å²) >= 11 is 8.81. The zero-order valence-corrected chi connectivity index (χ0v) is 7.72. The lowest BCUT2D eigenvalue weighted by Crippen LogP contribution is -2.08. The molecule has 0 aliphatic heterocycles. The van der Waals surface area contributed by atoms with Crippen molar-refractivity contribution in [3.63, 3.8) is 0 Å². The third-order valence-electron chi connectivity index (χ3n) is 1.13. The number of hydrogen-bond acceptors (Lipinski definition) is 2. The van der Waals surface area contributed by atoms with Gasteiger partial charge in [0.25, 0.3) is 0 Å². The summed E-state index contributed by atoms with van der Waals surface area (Å²) in [7, 11) is 0. The summed E-state index contributed by atoms with van der Waals surface area (Å²) in [6.07, 6.45) is 0. The number of hydrogen-bond donors (Lipinski definition) is 1. The van der Waals surface area contributed by atoms with Crippen LogP contribution in [0, 0.1) is 5.41 Å². The smallest absolute Gasteiger partial charge is 0.00560 e. The summed E-state index contributed by atoms with van der Waals surface area (Å²) in [6.45, 7) is 6.33. The number of rotatable bonds is 1. The van der Waals surface area contributed by atoms with Gasteiger partial charge in [-0.1, -0.05) is 33.0 Å². The SMILES string of the molecule is CC(C)(C)/C(C=S)=C/S. The molecule has 0 rings (SSSR count). The highest BCUT2D eigenvalue weighted by Crippen LogP contribution is 2.23. The molecule has 0 bridgehead atoms. The highest BCUT2D eigenvalue weighted by atomic mass is 32.1. The van der Waals surface area contributed by atoms with Crippen molar-refractivity contribution in [2.75, 3.05) is 0 Å². The van der Waals surface area contributed by atoms with Crippen LogP contribution in [0.5, 0.6) is 0 Å². The Morgan fingerprint density at radius 3 is 1.89 bits per heavy atom. The largest absolute Gasteiger partial charge is 0.151 e. The first-order chi connectivity index (χ1) is 4.02. The third kappa shape index (κ3) is 3.01. The van der Waals surface area contributed by atoms with Gasteiger partial charge in [-0.25, -0.2) is 0 Å². The van der Waals surface area contributed by atoms with Gasteiger partial charge in [0.1, 0.15) is 0 Å². The van der Waals surface area contributed by atoms with E-state index < -0.39 is 0 Å². The Labute approximate surface area is 67.8 Å². The molecule has 0 aliphatic carbocycles. The van der Waals surface area contributed by atoms with Crippen molar-refractivity contribution < 1.29 is 0 Å². The normalized spacial score (nSPS) is 13.6. The number of thiocarbonyl (C=S) groups is 1. The first-order valence-electron chi connectivity index (χ1n) is 2.82. The van der Waals surface area contributed by atoms with Crippen molar-refractivity contribution in [1.29, 1.82) is 0 Å². The molecule has 0 aliphatic rings. The topological polar surface area (TPSA) is 0 Å². The van der Waals surface area contributed by atoms with Gasteiger partial charge >= 0.3 is 0 Å². The predicted octanol–water partition coefficient (Wildman–Crippen LogP) is 2.85. The molecule has 0 atom stereocenters. The average Bonchev–Trinajstić information content (AvgIpc) is 1.65. The molecule has 0 fully saturated rings. The maximum absolute atomic E-state index is 4.78. The Balaban J connectivity index is 4.32. The van der Waals surface area contributed by atoms with E-state index in [1.165, 1.54) is 0 Å². The molecule has 2 heteroatoms. The van der Waals surface area contributed by atoms with Crippen molar-refractivity contribution >= 4 is 30.2 Å². The standard InChI is InChI=1S/C7H12S2/c1-7(2,3)6(4-8)5-9/h4-5,8H,1-3H3/b6-4+. The lowest BCUT2D eigenvalue weighted by Gasteiger charge is -2.18. The van der Waals surface area contributed by atoms with E-state index in [4.69, 9.17) is 12.2 Å². The quantitative estimate of drug-likeness (QED) is 0.349. The molecule has 0 N–H and O–H groups in total. The fraction of sp³-hybridized carbons (Fsp3) is 0.571. The van der Waals surface area contributed by atoms with Crippen LogP contribution in [-0.4, -0.2) is 5.37 Å². The molecule has 0 amide bonds. The zero-order chi connectivity index (χ0) is 7.49. The lowest BCUT2D eigenvalue weighted by atomic mass is 9.89. The molecular formula is C7H12S2. The van der Waals surface area contributed by atoms with Crippen LogP contribution in [0.3, 0.4) is 0 Å². The Hall–Kier alpha value is 0.180. The molecule has 0 unspecified atom stereocenters.